The first-order valence-corrected chi connectivity index (χ1v) is 8.55. The average molecular weight is 322 g/mol. The minimum atomic E-state index is -0.0169. The molecule has 124 valence electrons. The third-order valence-corrected chi connectivity index (χ3v) is 5.62. The predicted molar refractivity (Wildman–Crippen MR) is 94.4 cm³/mol. The maximum Gasteiger partial charge on any atom is 0.180 e. The molecular weight excluding hydrogens is 300 g/mol. The third-order valence-electron chi connectivity index (χ3n) is 5.62. The highest BCUT2D eigenvalue weighted by Crippen LogP contribution is 2.38. The molecule has 0 radical (unpaired) electrons. The summed E-state index contributed by atoms with van der Waals surface area (Å²) in [5.74, 6) is 2.07. The molecule has 2 unspecified atom stereocenters. The molecule has 3 aliphatic heterocycles. The number of methoxy groups -OCH3 is 1. The number of aromatic nitrogens is 1. The van der Waals surface area contributed by atoms with Gasteiger partial charge in [-0.05, 0) is 55.5 Å². The number of rotatable bonds is 4. The van der Waals surface area contributed by atoms with Crippen LogP contribution in [0.2, 0.25) is 0 Å². The second kappa shape index (κ2) is 6.02. The van der Waals surface area contributed by atoms with Crippen LogP contribution >= 0.6 is 0 Å². The number of nitrogens with zero attached hydrogens (tertiary/aromatic N) is 2. The molecule has 3 fully saturated rings. The molecule has 0 spiro atoms. The van der Waals surface area contributed by atoms with Crippen LogP contribution in [-0.2, 0) is 0 Å². The fraction of sp³-hybridized carbons (Fsp3) is 0.400. The summed E-state index contributed by atoms with van der Waals surface area (Å²) in [6, 6.07) is 7.53. The van der Waals surface area contributed by atoms with Crippen molar-refractivity contribution in [1.82, 2.24) is 9.88 Å². The van der Waals surface area contributed by atoms with Crippen molar-refractivity contribution in [2.24, 2.45) is 11.8 Å². The van der Waals surface area contributed by atoms with Crippen LogP contribution in [0.25, 0.3) is 10.9 Å². The van der Waals surface area contributed by atoms with Crippen molar-refractivity contribution in [3.05, 3.63) is 48.7 Å². The van der Waals surface area contributed by atoms with E-state index in [4.69, 9.17) is 4.74 Å². The Bertz CT molecular complexity index is 801. The lowest BCUT2D eigenvalue weighted by Crippen LogP contribution is -2.55. The highest BCUT2D eigenvalue weighted by Gasteiger charge is 2.42. The molecule has 1 aromatic carbocycles. The number of carbonyl (C=O) groups excluding carboxylic acids is 1. The van der Waals surface area contributed by atoms with E-state index in [0.717, 1.165) is 41.7 Å². The number of benzene rings is 1. The lowest BCUT2D eigenvalue weighted by molar-refractivity contribution is 0.0205. The zero-order valence-electron chi connectivity index (χ0n) is 13.9. The van der Waals surface area contributed by atoms with Crippen LogP contribution < -0.4 is 4.74 Å². The Morgan fingerprint density at radius 2 is 2.29 bits per heavy atom. The van der Waals surface area contributed by atoms with E-state index in [-0.39, 0.29) is 11.8 Å². The molecule has 5 rings (SSSR count). The molecule has 4 heteroatoms. The Kier molecular flexibility index (Phi) is 3.85. The summed E-state index contributed by atoms with van der Waals surface area (Å²) in [5.41, 5.74) is 1.59. The Balaban J connectivity index is 1.70. The Morgan fingerprint density at radius 3 is 3.00 bits per heavy atom. The van der Waals surface area contributed by atoms with Gasteiger partial charge in [0, 0.05) is 23.7 Å². The molecule has 0 aliphatic carbocycles. The van der Waals surface area contributed by atoms with Gasteiger partial charge in [-0.3, -0.25) is 14.7 Å². The van der Waals surface area contributed by atoms with Crippen LogP contribution in [0.3, 0.4) is 0 Å². The van der Waals surface area contributed by atoms with Gasteiger partial charge in [-0.15, -0.1) is 6.58 Å². The summed E-state index contributed by atoms with van der Waals surface area (Å²) in [6.07, 6.45) is 5.89. The molecule has 1 aromatic heterocycles. The fourth-order valence-corrected chi connectivity index (χ4v) is 4.25. The SMILES string of the molecule is C=C[C@H]1CN2CC[C@@H]1CC2C(=O)c1ccnc2ccc(OC)cc12. The number of hydrogen-bond acceptors (Lipinski definition) is 4. The van der Waals surface area contributed by atoms with Crippen molar-refractivity contribution in [1.29, 1.82) is 0 Å². The number of carbonyl (C=O) groups is 1. The zero-order chi connectivity index (χ0) is 16.7. The van der Waals surface area contributed by atoms with E-state index in [2.05, 4.69) is 22.5 Å². The lowest BCUT2D eigenvalue weighted by atomic mass is 9.74. The van der Waals surface area contributed by atoms with Crippen LogP contribution in [0.5, 0.6) is 5.75 Å². The number of ether oxygens (including phenoxy) is 1. The molecule has 0 N–H and O–H groups in total. The monoisotopic (exact) mass is 322 g/mol. The van der Waals surface area contributed by atoms with Crippen molar-refractivity contribution in [3.63, 3.8) is 0 Å². The average Bonchev–Trinajstić information content (AvgIpc) is 2.66. The predicted octanol–water partition coefficient (Wildman–Crippen LogP) is 3.32. The summed E-state index contributed by atoms with van der Waals surface area (Å²) in [5, 5.41) is 0.879. The maximum absolute atomic E-state index is 13.3. The van der Waals surface area contributed by atoms with E-state index in [9.17, 15) is 4.79 Å². The highest BCUT2D eigenvalue weighted by molar-refractivity contribution is 6.10. The van der Waals surface area contributed by atoms with E-state index in [0.29, 0.717) is 11.8 Å². The minimum absolute atomic E-state index is 0.0169. The summed E-state index contributed by atoms with van der Waals surface area (Å²) in [7, 11) is 1.64. The standard InChI is InChI=1S/C20H22N2O2/c1-3-13-12-22-9-7-14(13)10-19(22)20(23)16-6-8-21-18-5-4-15(24-2)11-17(16)18/h3-6,8,11,13-14,19H,1,7,9-10,12H2,2H3/t13-,14+,19?/m0/s1. The second-order valence-corrected chi connectivity index (χ2v) is 6.80. The first-order chi connectivity index (χ1) is 11.7. The summed E-state index contributed by atoms with van der Waals surface area (Å²) in [4.78, 5) is 20.0. The van der Waals surface area contributed by atoms with E-state index in [1.807, 2.05) is 24.3 Å². The minimum Gasteiger partial charge on any atom is -0.497 e. The normalized spacial score (nSPS) is 28.7. The molecule has 3 saturated heterocycles. The van der Waals surface area contributed by atoms with Crippen molar-refractivity contribution in [2.45, 2.75) is 18.9 Å². The van der Waals surface area contributed by atoms with Crippen LogP contribution in [0, 0.1) is 11.8 Å². The van der Waals surface area contributed by atoms with Gasteiger partial charge in [-0.1, -0.05) is 6.08 Å². The van der Waals surface area contributed by atoms with Gasteiger partial charge < -0.3 is 4.74 Å². The van der Waals surface area contributed by atoms with Crippen LogP contribution in [0.15, 0.2) is 43.1 Å². The van der Waals surface area contributed by atoms with Crippen molar-refractivity contribution >= 4 is 16.7 Å². The number of piperidine rings is 3. The largest absolute Gasteiger partial charge is 0.497 e. The maximum atomic E-state index is 13.3. The summed E-state index contributed by atoms with van der Waals surface area (Å²) >= 11 is 0. The lowest BCUT2D eigenvalue weighted by Gasteiger charge is -2.48. The van der Waals surface area contributed by atoms with Crippen LogP contribution in [0.4, 0.5) is 0 Å². The van der Waals surface area contributed by atoms with Crippen LogP contribution in [-0.4, -0.2) is 41.9 Å². The highest BCUT2D eigenvalue weighted by atomic mass is 16.5. The van der Waals surface area contributed by atoms with Crippen molar-refractivity contribution in [3.8, 4) is 5.75 Å². The van der Waals surface area contributed by atoms with E-state index < -0.39 is 0 Å². The molecule has 0 amide bonds. The van der Waals surface area contributed by atoms with Gasteiger partial charge in [0.15, 0.2) is 5.78 Å². The van der Waals surface area contributed by atoms with Gasteiger partial charge in [0.25, 0.3) is 0 Å². The Labute approximate surface area is 142 Å². The summed E-state index contributed by atoms with van der Waals surface area (Å²) < 4.78 is 5.32. The van der Waals surface area contributed by atoms with Crippen molar-refractivity contribution < 1.29 is 9.53 Å². The van der Waals surface area contributed by atoms with E-state index >= 15 is 0 Å². The molecule has 0 saturated carbocycles. The van der Waals surface area contributed by atoms with Gasteiger partial charge in [0.2, 0.25) is 0 Å². The van der Waals surface area contributed by atoms with Gasteiger partial charge >= 0.3 is 0 Å². The number of ketones is 1. The quantitative estimate of drug-likeness (QED) is 0.640. The summed E-state index contributed by atoms with van der Waals surface area (Å²) in [6.45, 7) is 5.92. The number of fused-ring (bicyclic) bond motifs is 4. The molecule has 2 aromatic rings. The molecule has 2 bridgehead atoms. The fourth-order valence-electron chi connectivity index (χ4n) is 4.25. The van der Waals surface area contributed by atoms with Crippen molar-refractivity contribution in [2.75, 3.05) is 20.2 Å². The molecule has 4 heterocycles. The second-order valence-electron chi connectivity index (χ2n) is 6.80. The smallest absolute Gasteiger partial charge is 0.180 e. The topological polar surface area (TPSA) is 42.4 Å². The van der Waals surface area contributed by atoms with Gasteiger partial charge in [-0.2, -0.15) is 0 Å². The third kappa shape index (κ3) is 2.42. The zero-order valence-corrected chi connectivity index (χ0v) is 13.9. The number of hydrogen-bond donors (Lipinski definition) is 0. The van der Waals surface area contributed by atoms with Gasteiger partial charge in [-0.25, -0.2) is 0 Å². The number of Topliss-reactive ketones (excluding diaryl/α,β-unsaturated/α-hetero) is 1. The Morgan fingerprint density at radius 1 is 1.42 bits per heavy atom. The molecule has 4 atom stereocenters. The molecule has 24 heavy (non-hydrogen) atoms. The van der Waals surface area contributed by atoms with Gasteiger partial charge in [0.1, 0.15) is 5.75 Å². The molecule has 4 nitrogen and oxygen atoms in total. The van der Waals surface area contributed by atoms with E-state index in [1.165, 1.54) is 6.42 Å². The van der Waals surface area contributed by atoms with Crippen LogP contribution in [0.1, 0.15) is 23.2 Å². The first-order valence-electron chi connectivity index (χ1n) is 8.55. The first kappa shape index (κ1) is 15.3. The Hall–Kier alpha value is -2.20. The number of pyridine rings is 1. The van der Waals surface area contributed by atoms with E-state index in [1.54, 1.807) is 13.3 Å². The van der Waals surface area contributed by atoms with Gasteiger partial charge in [0.05, 0.1) is 18.7 Å². The molecular formula is C20H22N2O2. The molecule has 3 aliphatic rings.